The predicted octanol–water partition coefficient (Wildman–Crippen LogP) is 4.46. The zero-order valence-electron chi connectivity index (χ0n) is 19.1. The Balaban J connectivity index is 1.35. The van der Waals surface area contributed by atoms with E-state index in [1.54, 1.807) is 24.5 Å². The van der Waals surface area contributed by atoms with Crippen LogP contribution in [0, 0.1) is 12.8 Å². The number of carbonyl (C=O) groups is 1. The molecule has 34 heavy (non-hydrogen) atoms. The van der Waals surface area contributed by atoms with E-state index in [-0.39, 0.29) is 17.7 Å². The molecule has 3 aromatic heterocycles. The van der Waals surface area contributed by atoms with Crippen molar-refractivity contribution >= 4 is 16.7 Å². The highest BCUT2D eigenvalue weighted by Crippen LogP contribution is 2.26. The van der Waals surface area contributed by atoms with Crippen LogP contribution in [-0.4, -0.2) is 52.1 Å². The maximum Gasteiger partial charge on any atom is 0.259 e. The fourth-order valence-corrected chi connectivity index (χ4v) is 4.29. The smallest absolute Gasteiger partial charge is 0.259 e. The first-order chi connectivity index (χ1) is 16.7. The number of nitrogens with zero attached hydrogens (tertiary/aromatic N) is 4. The van der Waals surface area contributed by atoms with Crippen molar-refractivity contribution in [3.63, 3.8) is 0 Å². The first kappa shape index (κ1) is 22.0. The molecule has 1 aliphatic heterocycles. The third-order valence-corrected chi connectivity index (χ3v) is 6.01. The van der Waals surface area contributed by atoms with Crippen LogP contribution in [0.2, 0.25) is 0 Å². The Morgan fingerprint density at radius 2 is 2.03 bits per heavy atom. The van der Waals surface area contributed by atoms with Gasteiger partial charge in [-0.1, -0.05) is 18.2 Å². The Morgan fingerprint density at radius 1 is 1.09 bits per heavy atom. The third-order valence-electron chi connectivity index (χ3n) is 6.01. The highest BCUT2D eigenvalue weighted by Gasteiger charge is 2.26. The Bertz CT molecular complexity index is 1290. The van der Waals surface area contributed by atoms with Gasteiger partial charge in [0, 0.05) is 48.7 Å². The Hall–Kier alpha value is -3.84. The minimum Gasteiger partial charge on any atom is -0.437 e. The highest BCUT2D eigenvalue weighted by molar-refractivity contribution is 5.96. The van der Waals surface area contributed by atoms with Crippen molar-refractivity contribution in [2.45, 2.75) is 13.3 Å². The Kier molecular flexibility index (Phi) is 6.44. The van der Waals surface area contributed by atoms with Gasteiger partial charge >= 0.3 is 0 Å². The number of hydrogen-bond acceptors (Lipinski definition) is 6. The minimum atomic E-state index is -0.113. The van der Waals surface area contributed by atoms with Crippen molar-refractivity contribution in [1.29, 1.82) is 0 Å². The van der Waals surface area contributed by atoms with Gasteiger partial charge in [0.1, 0.15) is 11.3 Å². The normalized spacial score (nSPS) is 16.3. The van der Waals surface area contributed by atoms with Gasteiger partial charge in [-0.25, -0.2) is 4.98 Å². The largest absolute Gasteiger partial charge is 0.437 e. The quantitative estimate of drug-likeness (QED) is 0.443. The number of benzene rings is 1. The van der Waals surface area contributed by atoms with E-state index in [1.165, 1.54) is 5.56 Å². The molecule has 0 aliphatic carbocycles. The van der Waals surface area contributed by atoms with Crippen LogP contribution in [0.4, 0.5) is 0 Å². The van der Waals surface area contributed by atoms with Crippen LogP contribution in [0.25, 0.3) is 10.8 Å². The van der Waals surface area contributed by atoms with E-state index in [4.69, 9.17) is 9.47 Å². The van der Waals surface area contributed by atoms with Gasteiger partial charge in [-0.05, 0) is 54.6 Å². The average Bonchev–Trinajstić information content (AvgIpc) is 3.11. The summed E-state index contributed by atoms with van der Waals surface area (Å²) in [5, 5.41) is 2.31. The van der Waals surface area contributed by atoms with Crippen LogP contribution in [0.1, 0.15) is 21.6 Å². The molecule has 0 N–H and O–H groups in total. The fraction of sp³-hybridized carbons (Fsp3) is 0.259. The van der Waals surface area contributed by atoms with E-state index in [9.17, 15) is 4.79 Å². The summed E-state index contributed by atoms with van der Waals surface area (Å²) in [4.78, 5) is 28.3. The number of carbonyl (C=O) groups excluding carboxylic acids is 1. The summed E-state index contributed by atoms with van der Waals surface area (Å²) in [6.07, 6.45) is 7.77. The van der Waals surface area contributed by atoms with Gasteiger partial charge in [0.2, 0.25) is 5.88 Å². The van der Waals surface area contributed by atoms with Crippen LogP contribution in [0.3, 0.4) is 0 Å². The number of rotatable bonds is 5. The van der Waals surface area contributed by atoms with Crippen LogP contribution in [-0.2, 0) is 11.2 Å². The monoisotopic (exact) mass is 454 g/mol. The van der Waals surface area contributed by atoms with E-state index in [2.05, 4.69) is 33.2 Å². The van der Waals surface area contributed by atoms with Crippen molar-refractivity contribution in [2.75, 3.05) is 26.3 Å². The van der Waals surface area contributed by atoms with E-state index in [0.29, 0.717) is 37.6 Å². The van der Waals surface area contributed by atoms with Crippen LogP contribution >= 0.6 is 0 Å². The van der Waals surface area contributed by atoms with Gasteiger partial charge in [-0.15, -0.1) is 0 Å². The summed E-state index contributed by atoms with van der Waals surface area (Å²) in [6, 6.07) is 15.5. The number of amides is 1. The van der Waals surface area contributed by atoms with Crippen molar-refractivity contribution in [2.24, 2.45) is 5.92 Å². The lowest BCUT2D eigenvalue weighted by Gasteiger charge is -2.24. The lowest BCUT2D eigenvalue weighted by Crippen LogP contribution is -2.36. The molecule has 1 amide bonds. The van der Waals surface area contributed by atoms with Gasteiger partial charge < -0.3 is 14.4 Å². The Morgan fingerprint density at radius 3 is 2.91 bits per heavy atom. The van der Waals surface area contributed by atoms with Gasteiger partial charge in [0.15, 0.2) is 0 Å². The topological polar surface area (TPSA) is 77.4 Å². The third kappa shape index (κ3) is 4.89. The zero-order valence-corrected chi connectivity index (χ0v) is 19.1. The van der Waals surface area contributed by atoms with Crippen LogP contribution in [0.5, 0.6) is 11.6 Å². The number of aryl methyl sites for hydroxylation is 1. The lowest BCUT2D eigenvalue weighted by atomic mass is 9.95. The molecule has 0 bridgehead atoms. The fourth-order valence-electron chi connectivity index (χ4n) is 4.29. The first-order valence-corrected chi connectivity index (χ1v) is 11.4. The molecule has 1 saturated heterocycles. The Labute approximate surface area is 198 Å². The zero-order chi connectivity index (χ0) is 23.3. The summed E-state index contributed by atoms with van der Waals surface area (Å²) in [5.41, 5.74) is 2.53. The molecule has 1 aromatic carbocycles. The van der Waals surface area contributed by atoms with Crippen molar-refractivity contribution in [1.82, 2.24) is 19.9 Å². The number of ether oxygens (including phenoxy) is 2. The molecule has 1 atom stereocenters. The molecule has 0 spiro atoms. The van der Waals surface area contributed by atoms with Gasteiger partial charge in [0.05, 0.1) is 19.4 Å². The van der Waals surface area contributed by atoms with Gasteiger partial charge in [-0.2, -0.15) is 0 Å². The van der Waals surface area contributed by atoms with Crippen LogP contribution < -0.4 is 4.74 Å². The van der Waals surface area contributed by atoms with Crippen LogP contribution in [0.15, 0.2) is 73.3 Å². The highest BCUT2D eigenvalue weighted by atomic mass is 16.5. The maximum atomic E-state index is 13.6. The number of hydrogen-bond donors (Lipinski definition) is 0. The SMILES string of the molecule is Cc1ccc(Oc2ncccc2C(=O)N2CCOCC(Cc3cccc4ccncc34)C2)cn1. The molecular weight excluding hydrogens is 428 g/mol. The number of pyridine rings is 3. The summed E-state index contributed by atoms with van der Waals surface area (Å²) < 4.78 is 11.8. The first-order valence-electron chi connectivity index (χ1n) is 11.4. The summed E-state index contributed by atoms with van der Waals surface area (Å²) in [6.45, 7) is 4.12. The number of aromatic nitrogens is 3. The molecule has 5 rings (SSSR count). The molecule has 172 valence electrons. The van der Waals surface area contributed by atoms with Crippen molar-refractivity contribution in [3.05, 3.63) is 90.1 Å². The molecule has 0 saturated carbocycles. The predicted molar refractivity (Wildman–Crippen MR) is 129 cm³/mol. The average molecular weight is 455 g/mol. The molecule has 4 aromatic rings. The second-order valence-corrected chi connectivity index (χ2v) is 8.50. The standard InChI is InChI=1S/C27H26N4O3/c1-19-7-8-23(15-30-19)34-26-24(6-3-10-29-26)27(32)31-12-13-33-18-20(17-31)14-22-5-2-4-21-9-11-28-16-25(21)22/h2-11,15-16,20H,12-14,17-18H2,1H3. The molecule has 1 fully saturated rings. The molecular formula is C27H26N4O3. The second-order valence-electron chi connectivity index (χ2n) is 8.50. The summed E-state index contributed by atoms with van der Waals surface area (Å²) >= 11 is 0. The molecule has 1 aliphatic rings. The van der Waals surface area contributed by atoms with E-state index in [1.807, 2.05) is 42.4 Å². The molecule has 1 unspecified atom stereocenters. The molecule has 0 radical (unpaired) electrons. The summed E-state index contributed by atoms with van der Waals surface area (Å²) in [7, 11) is 0. The minimum absolute atomic E-state index is 0.113. The van der Waals surface area contributed by atoms with E-state index < -0.39 is 0 Å². The molecule has 7 nitrogen and oxygen atoms in total. The second kappa shape index (κ2) is 9.97. The summed E-state index contributed by atoms with van der Waals surface area (Å²) in [5.74, 6) is 0.873. The molecule has 7 heteroatoms. The van der Waals surface area contributed by atoms with Crippen molar-refractivity contribution in [3.8, 4) is 11.6 Å². The van der Waals surface area contributed by atoms with E-state index in [0.717, 1.165) is 22.9 Å². The van der Waals surface area contributed by atoms with E-state index >= 15 is 0 Å². The number of fused-ring (bicyclic) bond motifs is 1. The van der Waals surface area contributed by atoms with Gasteiger partial charge in [-0.3, -0.25) is 14.8 Å². The maximum absolute atomic E-state index is 13.6. The van der Waals surface area contributed by atoms with Crippen molar-refractivity contribution < 1.29 is 14.3 Å². The molecule has 4 heterocycles. The van der Waals surface area contributed by atoms with Gasteiger partial charge in [0.25, 0.3) is 5.91 Å². The lowest BCUT2D eigenvalue weighted by molar-refractivity contribution is 0.0734.